The molecule has 3 rings (SSSR count). The molecule has 13 N–H and O–H groups in total. The summed E-state index contributed by atoms with van der Waals surface area (Å²) in [4.78, 5) is 0. The van der Waals surface area contributed by atoms with Crippen LogP contribution in [0.2, 0.25) is 0 Å². The van der Waals surface area contributed by atoms with Crippen molar-refractivity contribution in [2.45, 2.75) is 92.1 Å². The van der Waals surface area contributed by atoms with Crippen molar-refractivity contribution in [3.8, 4) is 0 Å². The number of ether oxygens (including phenoxy) is 4. The third kappa shape index (κ3) is 4.87. The summed E-state index contributed by atoms with van der Waals surface area (Å²) >= 11 is 0. The number of hydrogen-bond acceptors (Lipinski definition) is 14. The molecule has 0 aromatic rings. The maximum atomic E-state index is 10.8. The maximum absolute atomic E-state index is 10.8. The van der Waals surface area contributed by atoms with Crippen molar-refractivity contribution in [1.29, 1.82) is 0 Å². The molecule has 2 aliphatic heterocycles. The van der Waals surface area contributed by atoms with Crippen LogP contribution in [0.25, 0.3) is 0 Å². The van der Waals surface area contributed by atoms with E-state index in [9.17, 15) is 35.7 Å². The SMILES string of the molecule is NC1C[C@@H](N)C(O[C@@H]2O[C@H](CO)C(O)[C@@H]2O)C(O)[C@@H]1O[C@H]1OC(CO)[C@@H](O)[C@H](O)C1N. The number of aliphatic hydroxyl groups is 7. The quantitative estimate of drug-likeness (QED) is 0.179. The molecule has 31 heavy (non-hydrogen) atoms. The number of rotatable bonds is 6. The largest absolute Gasteiger partial charge is 0.394 e. The third-order valence-electron chi connectivity index (χ3n) is 6.07. The molecule has 14 heteroatoms. The monoisotopic (exact) mass is 455 g/mol. The summed E-state index contributed by atoms with van der Waals surface area (Å²) in [5.74, 6) is 0. The zero-order chi connectivity index (χ0) is 23.0. The van der Waals surface area contributed by atoms with Crippen molar-refractivity contribution in [1.82, 2.24) is 0 Å². The van der Waals surface area contributed by atoms with Crippen LogP contribution in [0.1, 0.15) is 6.42 Å². The predicted molar refractivity (Wildman–Crippen MR) is 99.8 cm³/mol. The van der Waals surface area contributed by atoms with Crippen molar-refractivity contribution in [3.05, 3.63) is 0 Å². The molecule has 2 heterocycles. The summed E-state index contributed by atoms with van der Waals surface area (Å²) in [6.45, 7) is -1.16. The van der Waals surface area contributed by atoms with Gasteiger partial charge >= 0.3 is 0 Å². The average Bonchev–Trinajstić information content (AvgIpc) is 3.01. The first-order valence-corrected chi connectivity index (χ1v) is 10.1. The summed E-state index contributed by atoms with van der Waals surface area (Å²) < 4.78 is 22.0. The molecule has 3 fully saturated rings. The van der Waals surface area contributed by atoms with E-state index in [2.05, 4.69) is 0 Å². The zero-order valence-electron chi connectivity index (χ0n) is 16.7. The first-order chi connectivity index (χ1) is 14.6. The molecule has 1 aliphatic carbocycles. The van der Waals surface area contributed by atoms with Crippen molar-refractivity contribution >= 4 is 0 Å². The zero-order valence-corrected chi connectivity index (χ0v) is 16.7. The van der Waals surface area contributed by atoms with Crippen LogP contribution < -0.4 is 17.2 Å². The highest BCUT2D eigenvalue weighted by atomic mass is 16.7. The van der Waals surface area contributed by atoms with Crippen molar-refractivity contribution in [2.75, 3.05) is 13.2 Å². The van der Waals surface area contributed by atoms with Crippen molar-refractivity contribution < 1.29 is 54.7 Å². The van der Waals surface area contributed by atoms with Crippen LogP contribution in [-0.4, -0.2) is 135 Å². The van der Waals surface area contributed by atoms with Gasteiger partial charge in [-0.1, -0.05) is 0 Å². The summed E-state index contributed by atoms with van der Waals surface area (Å²) in [6.07, 6.45) is -14.3. The van der Waals surface area contributed by atoms with Crippen molar-refractivity contribution in [2.24, 2.45) is 17.2 Å². The highest BCUT2D eigenvalue weighted by molar-refractivity contribution is 5.01. The van der Waals surface area contributed by atoms with Gasteiger partial charge in [-0.25, -0.2) is 0 Å². The van der Waals surface area contributed by atoms with Gasteiger partial charge in [0.05, 0.1) is 19.3 Å². The summed E-state index contributed by atoms with van der Waals surface area (Å²) in [5.41, 5.74) is 18.0. The molecule has 14 nitrogen and oxygen atoms in total. The minimum Gasteiger partial charge on any atom is -0.394 e. The fraction of sp³-hybridized carbons (Fsp3) is 1.00. The Morgan fingerprint density at radius 3 is 1.61 bits per heavy atom. The lowest BCUT2D eigenvalue weighted by Gasteiger charge is -2.46. The molecule has 0 amide bonds. The smallest absolute Gasteiger partial charge is 0.187 e. The lowest BCUT2D eigenvalue weighted by atomic mass is 9.84. The second-order valence-corrected chi connectivity index (χ2v) is 8.25. The Balaban J connectivity index is 1.70. The van der Waals surface area contributed by atoms with Gasteiger partial charge in [-0.15, -0.1) is 0 Å². The molecule has 0 spiro atoms. The normalized spacial score (nSPS) is 53.6. The average molecular weight is 455 g/mol. The van der Waals surface area contributed by atoms with E-state index in [1.807, 2.05) is 0 Å². The van der Waals surface area contributed by atoms with E-state index in [1.54, 1.807) is 0 Å². The molecule has 0 aromatic heterocycles. The first-order valence-electron chi connectivity index (χ1n) is 10.1. The fourth-order valence-electron chi connectivity index (χ4n) is 4.15. The van der Waals surface area contributed by atoms with Crippen LogP contribution >= 0.6 is 0 Å². The van der Waals surface area contributed by atoms with Gasteiger partial charge < -0.3 is 71.9 Å². The van der Waals surface area contributed by atoms with Crippen LogP contribution in [0.3, 0.4) is 0 Å². The standard InChI is InChI=1S/C17H33N3O11/c18-4-1-5(19)15(31-17-12(26)10(24)7(3-22)29-17)13(27)14(4)30-16-8(20)11(25)9(23)6(2-21)28-16/h4-17,21-27H,1-3,18-20H2/t4?,5-,6?,7-,8?,9-,10?,11-,12+,13?,14-,15?,16-,17+/m1/s1. The van der Waals surface area contributed by atoms with Gasteiger partial charge in [-0.3, -0.25) is 0 Å². The highest BCUT2D eigenvalue weighted by Crippen LogP contribution is 2.31. The topological polar surface area (TPSA) is 257 Å². The van der Waals surface area contributed by atoms with Crippen LogP contribution in [0.5, 0.6) is 0 Å². The van der Waals surface area contributed by atoms with Gasteiger partial charge in [0.2, 0.25) is 0 Å². The van der Waals surface area contributed by atoms with E-state index < -0.39 is 98.9 Å². The fourth-order valence-corrected chi connectivity index (χ4v) is 4.15. The lowest BCUT2D eigenvalue weighted by molar-refractivity contribution is -0.302. The summed E-state index contributed by atoms with van der Waals surface area (Å²) in [5, 5.41) is 69.3. The van der Waals surface area contributed by atoms with Crippen LogP contribution in [0, 0.1) is 0 Å². The molecule has 14 atom stereocenters. The number of hydrogen-bond donors (Lipinski definition) is 10. The third-order valence-corrected chi connectivity index (χ3v) is 6.07. The molecular weight excluding hydrogens is 422 g/mol. The van der Waals surface area contributed by atoms with E-state index in [-0.39, 0.29) is 6.42 Å². The number of nitrogens with two attached hydrogens (primary N) is 3. The minimum absolute atomic E-state index is 0.123. The summed E-state index contributed by atoms with van der Waals surface area (Å²) in [7, 11) is 0. The Hall–Kier alpha value is -0.560. The van der Waals surface area contributed by atoms with E-state index >= 15 is 0 Å². The van der Waals surface area contributed by atoms with Crippen molar-refractivity contribution in [3.63, 3.8) is 0 Å². The summed E-state index contributed by atoms with van der Waals surface area (Å²) in [6, 6.07) is -2.78. The predicted octanol–water partition coefficient (Wildman–Crippen LogP) is -6.62. The molecule has 6 unspecified atom stereocenters. The van der Waals surface area contributed by atoms with Gasteiger partial charge in [-0.05, 0) is 6.42 Å². The lowest BCUT2D eigenvalue weighted by Crippen LogP contribution is -2.67. The Kier molecular flexibility index (Phi) is 8.21. The molecular formula is C17H33N3O11. The van der Waals surface area contributed by atoms with Gasteiger partial charge in [0.1, 0.15) is 54.9 Å². The Bertz CT molecular complexity index is 590. The molecule has 2 saturated heterocycles. The van der Waals surface area contributed by atoms with E-state index in [0.29, 0.717) is 0 Å². The molecule has 3 aliphatic rings. The molecule has 0 aromatic carbocycles. The second kappa shape index (κ2) is 10.1. The molecule has 0 radical (unpaired) electrons. The highest BCUT2D eigenvalue weighted by Gasteiger charge is 2.51. The van der Waals surface area contributed by atoms with Gasteiger partial charge in [0.15, 0.2) is 12.6 Å². The molecule has 0 bridgehead atoms. The molecule has 182 valence electrons. The Labute approximate surface area is 178 Å². The van der Waals surface area contributed by atoms with Gasteiger partial charge in [0.25, 0.3) is 0 Å². The molecule has 1 saturated carbocycles. The Morgan fingerprint density at radius 2 is 1.10 bits per heavy atom. The van der Waals surface area contributed by atoms with Crippen LogP contribution in [-0.2, 0) is 18.9 Å². The Morgan fingerprint density at radius 1 is 0.645 bits per heavy atom. The van der Waals surface area contributed by atoms with Crippen LogP contribution in [0.15, 0.2) is 0 Å². The number of aliphatic hydroxyl groups excluding tert-OH is 7. The second-order valence-electron chi connectivity index (χ2n) is 8.25. The first kappa shape index (κ1) is 25.1. The maximum Gasteiger partial charge on any atom is 0.187 e. The van der Waals surface area contributed by atoms with Gasteiger partial charge in [0, 0.05) is 12.1 Å². The van der Waals surface area contributed by atoms with E-state index in [0.717, 1.165) is 0 Å². The minimum atomic E-state index is -1.48. The van der Waals surface area contributed by atoms with Gasteiger partial charge in [-0.2, -0.15) is 0 Å². The van der Waals surface area contributed by atoms with Crippen LogP contribution in [0.4, 0.5) is 0 Å². The van der Waals surface area contributed by atoms with E-state index in [4.69, 9.17) is 36.1 Å². The van der Waals surface area contributed by atoms with E-state index in [1.165, 1.54) is 0 Å².